The van der Waals surface area contributed by atoms with E-state index in [4.69, 9.17) is 14.6 Å². The number of carbonyl (C=O) groups is 1. The summed E-state index contributed by atoms with van der Waals surface area (Å²) in [6.45, 7) is 4.77. The Morgan fingerprint density at radius 3 is 2.67 bits per heavy atom. The Balaban J connectivity index is 0.00000176. The van der Waals surface area contributed by atoms with E-state index >= 15 is 4.39 Å². The van der Waals surface area contributed by atoms with Gasteiger partial charge in [-0.3, -0.25) is 9.69 Å². The maximum Gasteiger partial charge on any atom is 0.320 e. The van der Waals surface area contributed by atoms with Crippen molar-refractivity contribution in [3.05, 3.63) is 35.5 Å². The highest BCUT2D eigenvalue weighted by Crippen LogP contribution is 2.36. The van der Waals surface area contributed by atoms with E-state index in [1.807, 2.05) is 30.0 Å². The molecule has 3 aliphatic rings. The van der Waals surface area contributed by atoms with E-state index in [0.29, 0.717) is 38.0 Å². The summed E-state index contributed by atoms with van der Waals surface area (Å²) >= 11 is 0. The lowest BCUT2D eigenvalue weighted by Gasteiger charge is -2.35. The lowest BCUT2D eigenvalue weighted by Crippen LogP contribution is -2.41. The summed E-state index contributed by atoms with van der Waals surface area (Å²) in [4.78, 5) is 24.2. The van der Waals surface area contributed by atoms with Gasteiger partial charge >= 0.3 is 12.0 Å². The molecule has 13 heteroatoms. The Hall–Kier alpha value is -2.61. The topological polar surface area (TPSA) is 106 Å². The Morgan fingerprint density at radius 2 is 2.00 bits per heavy atom. The molecule has 212 valence electrons. The number of carboxylic acids is 1. The summed E-state index contributed by atoms with van der Waals surface area (Å²) in [6.07, 6.45) is 2.61. The molecule has 39 heavy (non-hydrogen) atoms. The van der Waals surface area contributed by atoms with Crippen molar-refractivity contribution in [3.8, 4) is 11.8 Å². The minimum absolute atomic E-state index is 0. The van der Waals surface area contributed by atoms with Crippen molar-refractivity contribution in [2.45, 2.75) is 50.4 Å². The quantitative estimate of drug-likeness (QED) is 0.453. The van der Waals surface area contributed by atoms with Crippen LogP contribution in [0, 0.1) is 6.92 Å². The van der Waals surface area contributed by atoms with E-state index < -0.39 is 12.1 Å². The minimum atomic E-state index is -1.08. The SMILES string of the molecule is COc1nc(N2C[C@@H]3C[C@H]2CO3)cc(-n2ncc3cc(C)c(C4CCN(CCC(=O)O)CC4F)cc32)n1.S.S. The van der Waals surface area contributed by atoms with Crippen molar-refractivity contribution in [2.24, 2.45) is 0 Å². The number of morpholine rings is 1. The van der Waals surface area contributed by atoms with E-state index in [0.717, 1.165) is 40.8 Å². The van der Waals surface area contributed by atoms with Crippen LogP contribution in [0.3, 0.4) is 0 Å². The largest absolute Gasteiger partial charge is 0.481 e. The van der Waals surface area contributed by atoms with Crippen LogP contribution in [0.5, 0.6) is 6.01 Å². The number of ether oxygens (including phenoxy) is 2. The fourth-order valence-electron chi connectivity index (χ4n) is 5.99. The van der Waals surface area contributed by atoms with Crippen LogP contribution in [-0.4, -0.2) is 93.9 Å². The molecule has 1 aromatic carbocycles. The highest BCUT2D eigenvalue weighted by Gasteiger charge is 2.40. The third kappa shape index (κ3) is 5.67. The minimum Gasteiger partial charge on any atom is -0.481 e. The number of piperidine rings is 1. The van der Waals surface area contributed by atoms with Gasteiger partial charge in [0.2, 0.25) is 0 Å². The first-order valence-corrected chi connectivity index (χ1v) is 12.8. The second kappa shape index (κ2) is 11.9. The average Bonchev–Trinajstić information content (AvgIpc) is 3.63. The number of likely N-dealkylation sites (tertiary alicyclic amines) is 1. The molecule has 6 rings (SSSR count). The molecule has 3 saturated heterocycles. The summed E-state index contributed by atoms with van der Waals surface area (Å²) < 4.78 is 28.3. The monoisotopic (exact) mass is 578 g/mol. The van der Waals surface area contributed by atoms with Gasteiger partial charge in [0.15, 0.2) is 5.82 Å². The molecule has 0 saturated carbocycles. The van der Waals surface area contributed by atoms with Crippen LogP contribution >= 0.6 is 27.0 Å². The molecule has 4 atom stereocenters. The number of hydrogen-bond acceptors (Lipinski definition) is 8. The predicted molar refractivity (Wildman–Crippen MR) is 155 cm³/mol. The predicted octanol–water partition coefficient (Wildman–Crippen LogP) is 2.94. The number of hydrogen-bond donors (Lipinski definition) is 1. The number of aromatic nitrogens is 4. The molecule has 3 aliphatic heterocycles. The molecular weight excluding hydrogens is 543 g/mol. The van der Waals surface area contributed by atoms with Crippen LogP contribution < -0.4 is 9.64 Å². The van der Waals surface area contributed by atoms with Gasteiger partial charge in [0.05, 0.1) is 44.0 Å². The Bertz CT molecular complexity index is 1340. The van der Waals surface area contributed by atoms with Crippen molar-refractivity contribution in [3.63, 3.8) is 0 Å². The Kier molecular flexibility index (Phi) is 8.94. The van der Waals surface area contributed by atoms with Gasteiger partial charge in [-0.25, -0.2) is 9.07 Å². The zero-order valence-electron chi connectivity index (χ0n) is 22.0. The third-order valence-corrected chi connectivity index (χ3v) is 7.90. The Morgan fingerprint density at radius 1 is 1.21 bits per heavy atom. The highest BCUT2D eigenvalue weighted by atomic mass is 32.1. The number of rotatable bonds is 7. The zero-order valence-corrected chi connectivity index (χ0v) is 24.0. The smallest absolute Gasteiger partial charge is 0.320 e. The lowest BCUT2D eigenvalue weighted by atomic mass is 9.85. The van der Waals surface area contributed by atoms with Crippen molar-refractivity contribution >= 4 is 49.7 Å². The maximum absolute atomic E-state index is 15.4. The van der Waals surface area contributed by atoms with Crippen LogP contribution in [0.15, 0.2) is 24.4 Å². The molecule has 10 nitrogen and oxygen atoms in total. The van der Waals surface area contributed by atoms with Gasteiger partial charge in [0.1, 0.15) is 12.0 Å². The molecule has 0 radical (unpaired) electrons. The van der Waals surface area contributed by atoms with E-state index in [-0.39, 0.29) is 58.0 Å². The molecule has 2 unspecified atom stereocenters. The molecule has 5 heterocycles. The number of benzene rings is 1. The molecule has 1 N–H and O–H groups in total. The average molecular weight is 579 g/mol. The number of aryl methyl sites for hydroxylation is 1. The summed E-state index contributed by atoms with van der Waals surface area (Å²) in [6, 6.07) is 6.57. The van der Waals surface area contributed by atoms with Gasteiger partial charge in [-0.2, -0.15) is 42.1 Å². The second-order valence-electron chi connectivity index (χ2n) is 10.2. The van der Waals surface area contributed by atoms with Gasteiger partial charge in [0.25, 0.3) is 0 Å². The fourth-order valence-corrected chi connectivity index (χ4v) is 5.99. The van der Waals surface area contributed by atoms with Gasteiger partial charge in [-0.1, -0.05) is 0 Å². The first-order chi connectivity index (χ1) is 17.9. The molecule has 2 aromatic heterocycles. The van der Waals surface area contributed by atoms with E-state index in [1.54, 1.807) is 18.0 Å². The number of halogens is 1. The molecule has 3 aromatic rings. The molecule has 0 spiro atoms. The van der Waals surface area contributed by atoms with Crippen molar-refractivity contribution < 1.29 is 23.8 Å². The van der Waals surface area contributed by atoms with Gasteiger partial charge < -0.3 is 19.5 Å². The molecule has 2 bridgehead atoms. The van der Waals surface area contributed by atoms with Crippen LogP contribution in [0.4, 0.5) is 10.2 Å². The fraction of sp³-hybridized carbons (Fsp3) is 0.538. The van der Waals surface area contributed by atoms with Gasteiger partial charge in [-0.15, -0.1) is 0 Å². The summed E-state index contributed by atoms with van der Waals surface area (Å²) in [5.41, 5.74) is 2.82. The van der Waals surface area contributed by atoms with Crippen molar-refractivity contribution in [1.82, 2.24) is 24.6 Å². The molecular formula is C26H35FN6O4S2. The summed E-state index contributed by atoms with van der Waals surface area (Å²) in [5, 5.41) is 14.5. The standard InChI is InChI=1S/C26H31FN6O4.2H2S/c1-15-7-16-11-28-33(22(16)9-20(15)19-3-5-31(13-21(19)27)6-4-25(34)35)24-10-23(29-26(30-24)36-2)32-12-18-8-17(32)14-37-18;;/h7,9-11,17-19,21H,3-6,8,12-14H2,1-2H3,(H,34,35);2*1H2/t17-,18-,19?,21?;;/m0../s1. The third-order valence-electron chi connectivity index (χ3n) is 7.90. The highest BCUT2D eigenvalue weighted by molar-refractivity contribution is 7.59. The maximum atomic E-state index is 15.4. The van der Waals surface area contributed by atoms with Crippen molar-refractivity contribution in [1.29, 1.82) is 0 Å². The normalized spacial score (nSPS) is 24.4. The summed E-state index contributed by atoms with van der Waals surface area (Å²) in [5.74, 6) is 0.258. The van der Waals surface area contributed by atoms with Crippen LogP contribution in [-0.2, 0) is 9.53 Å². The number of nitrogens with zero attached hydrogens (tertiary/aromatic N) is 6. The summed E-state index contributed by atoms with van der Waals surface area (Å²) in [7, 11) is 1.55. The molecule has 0 amide bonds. The number of fused-ring (bicyclic) bond motifs is 3. The van der Waals surface area contributed by atoms with E-state index in [1.165, 1.54) is 0 Å². The number of alkyl halides is 1. The lowest BCUT2D eigenvalue weighted by molar-refractivity contribution is -0.137. The van der Waals surface area contributed by atoms with Crippen molar-refractivity contribution in [2.75, 3.05) is 44.8 Å². The number of aliphatic carboxylic acids is 1. The number of carboxylic acid groups (broad SMARTS) is 1. The van der Waals surface area contributed by atoms with E-state index in [2.05, 4.69) is 20.0 Å². The van der Waals surface area contributed by atoms with E-state index in [9.17, 15) is 4.79 Å². The van der Waals surface area contributed by atoms with Crippen LogP contribution in [0.2, 0.25) is 0 Å². The van der Waals surface area contributed by atoms with Gasteiger partial charge in [-0.05, 0) is 49.6 Å². The first-order valence-electron chi connectivity index (χ1n) is 12.8. The molecule has 3 fully saturated rings. The molecule has 0 aliphatic carbocycles. The van der Waals surface area contributed by atoms with Crippen LogP contribution in [0.1, 0.15) is 36.3 Å². The second-order valence-corrected chi connectivity index (χ2v) is 10.2. The number of methoxy groups -OCH3 is 1. The van der Waals surface area contributed by atoms with Crippen LogP contribution in [0.25, 0.3) is 16.7 Å². The van der Waals surface area contributed by atoms with Gasteiger partial charge in [0, 0.05) is 37.0 Å². The zero-order chi connectivity index (χ0) is 25.7. The number of anilines is 1. The Labute approximate surface area is 240 Å². The first kappa shape index (κ1) is 29.4.